The van der Waals surface area contributed by atoms with Gasteiger partial charge in [-0.15, -0.1) is 0 Å². The third-order valence-corrected chi connectivity index (χ3v) is 4.70. The molecule has 0 spiro atoms. The monoisotopic (exact) mass is 414 g/mol. The second-order valence-electron chi connectivity index (χ2n) is 6.08. The lowest BCUT2D eigenvalue weighted by Crippen LogP contribution is -2.34. The molecule has 0 atom stereocenters. The number of carbonyl (C=O) groups is 1. The van der Waals surface area contributed by atoms with Gasteiger partial charge in [-0.2, -0.15) is 0 Å². The minimum atomic E-state index is -0.300. The molecule has 2 aromatic carbocycles. The average Bonchev–Trinajstić information content (AvgIpc) is 3.19. The lowest BCUT2D eigenvalue weighted by atomic mass is 10.1. The molecule has 0 fully saturated rings. The Bertz CT molecular complexity index is 999. The van der Waals surface area contributed by atoms with Crippen LogP contribution >= 0.6 is 23.8 Å². The lowest BCUT2D eigenvalue weighted by molar-refractivity contribution is 0.0977. The Labute approximate surface area is 173 Å². The van der Waals surface area contributed by atoms with Crippen molar-refractivity contribution in [1.82, 2.24) is 5.32 Å². The van der Waals surface area contributed by atoms with Crippen molar-refractivity contribution in [2.45, 2.75) is 20.0 Å². The van der Waals surface area contributed by atoms with Crippen LogP contribution in [-0.2, 0) is 13.0 Å². The summed E-state index contributed by atoms with van der Waals surface area (Å²) in [5, 5.41) is 15.3. The van der Waals surface area contributed by atoms with E-state index in [2.05, 4.69) is 17.6 Å². The van der Waals surface area contributed by atoms with Gasteiger partial charge in [0.05, 0.1) is 10.7 Å². The molecule has 1 heterocycles. The van der Waals surface area contributed by atoms with Gasteiger partial charge in [-0.25, -0.2) is 0 Å². The predicted molar refractivity (Wildman–Crippen MR) is 115 cm³/mol. The molecule has 0 aliphatic carbocycles. The summed E-state index contributed by atoms with van der Waals surface area (Å²) >= 11 is 11.5. The Hall–Kier alpha value is -2.67. The van der Waals surface area contributed by atoms with Crippen molar-refractivity contribution >= 4 is 40.5 Å². The lowest BCUT2D eigenvalue weighted by Gasteiger charge is -2.12. The second-order valence-corrected chi connectivity index (χ2v) is 6.89. The third-order valence-electron chi connectivity index (χ3n) is 4.17. The molecule has 3 rings (SSSR count). The van der Waals surface area contributed by atoms with E-state index in [0.29, 0.717) is 27.8 Å². The standard InChI is InChI=1S/C21H19ClN2O3S/c1-2-13-3-5-14(6-4-13)20(26)24-21(28)23-18-11-15(7-9-17(18)22)19-10-8-16(12-25)27-19/h3-11,25H,2,12H2,1H3,(H2,23,24,26,28). The number of halogens is 1. The number of aliphatic hydroxyl groups is 1. The van der Waals surface area contributed by atoms with Gasteiger partial charge in [0.15, 0.2) is 5.11 Å². The number of carbonyl (C=O) groups excluding carboxylic acids is 1. The Morgan fingerprint density at radius 3 is 2.54 bits per heavy atom. The van der Waals surface area contributed by atoms with Crippen LogP contribution in [0.2, 0.25) is 5.02 Å². The van der Waals surface area contributed by atoms with Gasteiger partial charge < -0.3 is 14.8 Å². The number of anilines is 1. The number of hydrogen-bond donors (Lipinski definition) is 3. The number of thiocarbonyl (C=S) groups is 1. The van der Waals surface area contributed by atoms with Crippen molar-refractivity contribution in [3.8, 4) is 11.3 Å². The van der Waals surface area contributed by atoms with E-state index in [0.717, 1.165) is 17.5 Å². The van der Waals surface area contributed by atoms with E-state index in [-0.39, 0.29) is 17.6 Å². The first-order valence-electron chi connectivity index (χ1n) is 8.71. The van der Waals surface area contributed by atoms with Crippen LogP contribution in [0.15, 0.2) is 59.0 Å². The molecule has 0 aliphatic heterocycles. The van der Waals surface area contributed by atoms with Gasteiger partial charge in [-0.05, 0) is 66.7 Å². The maximum atomic E-state index is 12.3. The van der Waals surface area contributed by atoms with Crippen LogP contribution in [-0.4, -0.2) is 16.1 Å². The number of rotatable bonds is 5. The Morgan fingerprint density at radius 1 is 1.14 bits per heavy atom. The van der Waals surface area contributed by atoms with Crippen LogP contribution in [0.1, 0.15) is 28.6 Å². The average molecular weight is 415 g/mol. The van der Waals surface area contributed by atoms with Gasteiger partial charge in [0.1, 0.15) is 18.1 Å². The van der Waals surface area contributed by atoms with Gasteiger partial charge in [-0.3, -0.25) is 10.1 Å². The summed E-state index contributed by atoms with van der Waals surface area (Å²) in [6, 6.07) is 16.1. The summed E-state index contributed by atoms with van der Waals surface area (Å²) in [5.74, 6) is 0.761. The SMILES string of the molecule is CCc1ccc(C(=O)NC(=S)Nc2cc(-c3ccc(CO)o3)ccc2Cl)cc1. The van der Waals surface area contributed by atoms with Crippen LogP contribution in [0, 0.1) is 0 Å². The normalized spacial score (nSPS) is 10.5. The van der Waals surface area contributed by atoms with Gasteiger partial charge in [0.25, 0.3) is 5.91 Å². The maximum Gasteiger partial charge on any atom is 0.257 e. The molecule has 7 heteroatoms. The van der Waals surface area contributed by atoms with Crippen molar-refractivity contribution in [2.75, 3.05) is 5.32 Å². The van der Waals surface area contributed by atoms with Crippen LogP contribution in [0.5, 0.6) is 0 Å². The molecule has 0 bridgehead atoms. The summed E-state index contributed by atoms with van der Waals surface area (Å²) in [4.78, 5) is 12.3. The Balaban J connectivity index is 1.70. The molecule has 3 aromatic rings. The van der Waals surface area contributed by atoms with Crippen molar-refractivity contribution in [1.29, 1.82) is 0 Å². The minimum absolute atomic E-state index is 0.138. The van der Waals surface area contributed by atoms with Crippen molar-refractivity contribution < 1.29 is 14.3 Å². The number of nitrogens with one attached hydrogen (secondary N) is 2. The summed E-state index contributed by atoms with van der Waals surface area (Å²) in [6.45, 7) is 1.88. The van der Waals surface area contributed by atoms with Crippen LogP contribution in [0.3, 0.4) is 0 Å². The Morgan fingerprint density at radius 2 is 1.89 bits per heavy atom. The van der Waals surface area contributed by atoms with Crippen molar-refractivity contribution in [3.63, 3.8) is 0 Å². The molecular formula is C21H19ClN2O3S. The third kappa shape index (κ3) is 4.78. The minimum Gasteiger partial charge on any atom is -0.459 e. The summed E-state index contributed by atoms with van der Waals surface area (Å²) in [7, 11) is 0. The zero-order chi connectivity index (χ0) is 20.1. The summed E-state index contributed by atoms with van der Waals surface area (Å²) < 4.78 is 5.54. The first-order chi connectivity index (χ1) is 13.5. The van der Waals surface area contributed by atoms with E-state index in [1.54, 1.807) is 42.5 Å². The predicted octanol–water partition coefficient (Wildman–Crippen LogP) is 4.78. The van der Waals surface area contributed by atoms with Gasteiger partial charge in [0.2, 0.25) is 0 Å². The number of benzene rings is 2. The fraction of sp³-hybridized carbons (Fsp3) is 0.143. The van der Waals surface area contributed by atoms with E-state index in [4.69, 9.17) is 33.3 Å². The van der Waals surface area contributed by atoms with Crippen LogP contribution in [0.25, 0.3) is 11.3 Å². The highest BCUT2D eigenvalue weighted by molar-refractivity contribution is 7.80. The molecule has 144 valence electrons. The highest BCUT2D eigenvalue weighted by Gasteiger charge is 2.11. The zero-order valence-corrected chi connectivity index (χ0v) is 16.7. The number of hydrogen-bond acceptors (Lipinski definition) is 4. The summed E-state index contributed by atoms with van der Waals surface area (Å²) in [6.07, 6.45) is 0.909. The molecule has 1 aromatic heterocycles. The summed E-state index contributed by atoms with van der Waals surface area (Å²) in [5.41, 5.74) is 2.97. The van der Waals surface area contributed by atoms with Gasteiger partial charge >= 0.3 is 0 Å². The van der Waals surface area contributed by atoms with Crippen LogP contribution < -0.4 is 10.6 Å². The first-order valence-corrected chi connectivity index (χ1v) is 9.49. The molecule has 0 radical (unpaired) electrons. The molecule has 5 nitrogen and oxygen atoms in total. The van der Waals surface area contributed by atoms with E-state index in [1.807, 2.05) is 12.1 Å². The number of furan rings is 1. The molecule has 0 saturated heterocycles. The van der Waals surface area contributed by atoms with E-state index in [9.17, 15) is 4.79 Å². The zero-order valence-electron chi connectivity index (χ0n) is 15.2. The topological polar surface area (TPSA) is 74.5 Å². The highest BCUT2D eigenvalue weighted by atomic mass is 35.5. The molecule has 1 amide bonds. The Kier molecular flexibility index (Phi) is 6.46. The molecule has 0 saturated carbocycles. The second kappa shape index (κ2) is 9.01. The van der Waals surface area contributed by atoms with E-state index < -0.39 is 0 Å². The number of aliphatic hydroxyl groups excluding tert-OH is 1. The van der Waals surface area contributed by atoms with Gasteiger partial charge in [0, 0.05) is 11.1 Å². The molecule has 3 N–H and O–H groups in total. The quantitative estimate of drug-likeness (QED) is 0.524. The first kappa shape index (κ1) is 20.1. The smallest absolute Gasteiger partial charge is 0.257 e. The van der Waals surface area contributed by atoms with Gasteiger partial charge in [-0.1, -0.05) is 30.7 Å². The fourth-order valence-electron chi connectivity index (χ4n) is 2.61. The molecule has 28 heavy (non-hydrogen) atoms. The number of amides is 1. The number of aryl methyl sites for hydroxylation is 1. The maximum absolute atomic E-state index is 12.3. The fourth-order valence-corrected chi connectivity index (χ4v) is 2.98. The molecule has 0 unspecified atom stereocenters. The van der Waals surface area contributed by atoms with E-state index in [1.165, 1.54) is 0 Å². The van der Waals surface area contributed by atoms with Crippen molar-refractivity contribution in [2.24, 2.45) is 0 Å². The van der Waals surface area contributed by atoms with E-state index >= 15 is 0 Å². The molecule has 0 aliphatic rings. The van der Waals surface area contributed by atoms with Crippen LogP contribution in [0.4, 0.5) is 5.69 Å². The molecular weight excluding hydrogens is 396 g/mol. The van der Waals surface area contributed by atoms with Crippen molar-refractivity contribution in [3.05, 3.63) is 76.5 Å². The highest BCUT2D eigenvalue weighted by Crippen LogP contribution is 2.30. The largest absolute Gasteiger partial charge is 0.459 e.